The summed E-state index contributed by atoms with van der Waals surface area (Å²) in [5.41, 5.74) is 9.86. The molecule has 0 bridgehead atoms. The minimum atomic E-state index is -4.03. The molecule has 0 aliphatic carbocycles. The molecule has 0 saturated heterocycles. The van der Waals surface area contributed by atoms with E-state index in [1.54, 1.807) is 18.3 Å². The Bertz CT molecular complexity index is 1660. The van der Waals surface area contributed by atoms with Crippen molar-refractivity contribution >= 4 is 55.7 Å². The fourth-order valence-electron chi connectivity index (χ4n) is 3.61. The van der Waals surface area contributed by atoms with Crippen molar-refractivity contribution in [2.75, 3.05) is 5.73 Å². The molecule has 2 N–H and O–H groups in total. The fraction of sp³-hybridized carbons (Fsp3) is 0.0417. The van der Waals surface area contributed by atoms with Gasteiger partial charge in [-0.3, -0.25) is 0 Å². The van der Waals surface area contributed by atoms with Gasteiger partial charge in [0.15, 0.2) is 5.65 Å². The molecule has 0 radical (unpaired) electrons. The SMILES string of the molecule is Cc1cccc(/C=N\n2c(N)c(S(=O)(=O)c3ccc(Cl)cc3)c3nc4ccccc4nc32)c1. The van der Waals surface area contributed by atoms with Gasteiger partial charge in [0, 0.05) is 5.02 Å². The summed E-state index contributed by atoms with van der Waals surface area (Å²) >= 11 is 5.95. The molecule has 3 aromatic carbocycles. The van der Waals surface area contributed by atoms with Gasteiger partial charge >= 0.3 is 0 Å². The van der Waals surface area contributed by atoms with Crippen molar-refractivity contribution in [3.05, 3.63) is 88.9 Å². The van der Waals surface area contributed by atoms with Crippen molar-refractivity contribution in [1.29, 1.82) is 0 Å². The number of nitrogens with zero attached hydrogens (tertiary/aromatic N) is 4. The monoisotopic (exact) mass is 475 g/mol. The van der Waals surface area contributed by atoms with E-state index in [1.807, 2.05) is 43.3 Å². The summed E-state index contributed by atoms with van der Waals surface area (Å²) in [5, 5.41) is 4.90. The second kappa shape index (κ2) is 7.99. The summed E-state index contributed by atoms with van der Waals surface area (Å²) in [6, 6.07) is 20.9. The van der Waals surface area contributed by atoms with Crippen LogP contribution in [0.4, 0.5) is 5.82 Å². The van der Waals surface area contributed by atoms with Gasteiger partial charge in [-0.15, -0.1) is 0 Å². The van der Waals surface area contributed by atoms with Crippen LogP contribution in [0.25, 0.3) is 22.2 Å². The molecule has 0 spiro atoms. The second-order valence-electron chi connectivity index (χ2n) is 7.53. The third-order valence-corrected chi connectivity index (χ3v) is 7.27. The van der Waals surface area contributed by atoms with Gasteiger partial charge in [-0.2, -0.15) is 9.78 Å². The van der Waals surface area contributed by atoms with E-state index in [-0.39, 0.29) is 26.8 Å². The Morgan fingerprint density at radius 3 is 2.36 bits per heavy atom. The maximum absolute atomic E-state index is 13.6. The van der Waals surface area contributed by atoms with Crippen molar-refractivity contribution in [3.8, 4) is 0 Å². The maximum Gasteiger partial charge on any atom is 0.212 e. The molecule has 0 fully saturated rings. The number of para-hydroxylation sites is 2. The molecule has 164 valence electrons. The van der Waals surface area contributed by atoms with E-state index in [4.69, 9.17) is 17.3 Å². The zero-order valence-electron chi connectivity index (χ0n) is 17.5. The first-order chi connectivity index (χ1) is 15.8. The molecule has 0 saturated carbocycles. The van der Waals surface area contributed by atoms with E-state index >= 15 is 0 Å². The van der Waals surface area contributed by atoms with Gasteiger partial charge in [0.05, 0.1) is 22.1 Å². The third-order valence-electron chi connectivity index (χ3n) is 5.19. The third kappa shape index (κ3) is 3.73. The van der Waals surface area contributed by atoms with Gasteiger partial charge in [-0.05, 0) is 48.9 Å². The predicted molar refractivity (Wildman–Crippen MR) is 131 cm³/mol. The lowest BCUT2D eigenvalue weighted by Crippen LogP contribution is -2.06. The first kappa shape index (κ1) is 21.1. The molecule has 5 rings (SSSR count). The van der Waals surface area contributed by atoms with Crippen LogP contribution in [0.2, 0.25) is 5.02 Å². The number of aryl methyl sites for hydroxylation is 1. The number of rotatable bonds is 4. The van der Waals surface area contributed by atoms with Gasteiger partial charge in [0.2, 0.25) is 9.84 Å². The number of anilines is 1. The standard InChI is InChI=1S/C24H18ClN5O2S/c1-15-5-4-6-16(13-15)14-27-30-23(26)22(33(31,32)18-11-9-17(25)10-12-18)21-24(30)29-20-8-3-2-7-19(20)28-21/h2-14H,26H2,1H3/b27-14-. The average Bonchev–Trinajstić information content (AvgIpc) is 3.07. The van der Waals surface area contributed by atoms with Crippen molar-refractivity contribution in [3.63, 3.8) is 0 Å². The van der Waals surface area contributed by atoms with Crippen molar-refractivity contribution in [1.82, 2.24) is 14.6 Å². The average molecular weight is 476 g/mol. The second-order valence-corrected chi connectivity index (χ2v) is 9.85. The molecule has 2 aromatic heterocycles. The van der Waals surface area contributed by atoms with Gasteiger partial charge < -0.3 is 5.73 Å². The summed E-state index contributed by atoms with van der Waals surface area (Å²) in [4.78, 5) is 9.14. The van der Waals surface area contributed by atoms with Crippen LogP contribution in [0.5, 0.6) is 0 Å². The molecule has 5 aromatic rings. The van der Waals surface area contributed by atoms with E-state index in [0.717, 1.165) is 11.1 Å². The highest BCUT2D eigenvalue weighted by Gasteiger charge is 2.30. The smallest absolute Gasteiger partial charge is 0.212 e. The molecule has 2 heterocycles. The normalized spacial score (nSPS) is 12.2. The quantitative estimate of drug-likeness (QED) is 0.374. The zero-order valence-corrected chi connectivity index (χ0v) is 19.0. The Balaban J connectivity index is 1.79. The van der Waals surface area contributed by atoms with E-state index in [2.05, 4.69) is 15.1 Å². The number of halogens is 1. The number of hydrogen-bond acceptors (Lipinski definition) is 6. The van der Waals surface area contributed by atoms with Crippen molar-refractivity contribution < 1.29 is 8.42 Å². The van der Waals surface area contributed by atoms with Gasteiger partial charge in [-0.25, -0.2) is 18.4 Å². The van der Waals surface area contributed by atoms with Crippen LogP contribution in [0.3, 0.4) is 0 Å². The lowest BCUT2D eigenvalue weighted by molar-refractivity contribution is 0.597. The molecule has 0 aliphatic rings. The Kier molecular flexibility index (Phi) is 5.11. The Hall–Kier alpha value is -3.75. The number of sulfone groups is 1. The summed E-state index contributed by atoms with van der Waals surface area (Å²) in [6.07, 6.45) is 1.61. The van der Waals surface area contributed by atoms with E-state index in [1.165, 1.54) is 28.9 Å². The summed E-state index contributed by atoms with van der Waals surface area (Å²) < 4.78 is 28.5. The largest absolute Gasteiger partial charge is 0.382 e. The van der Waals surface area contributed by atoms with E-state index in [0.29, 0.717) is 16.1 Å². The predicted octanol–water partition coefficient (Wildman–Crippen LogP) is 4.84. The van der Waals surface area contributed by atoms with Crippen LogP contribution in [0.1, 0.15) is 11.1 Å². The Morgan fingerprint density at radius 2 is 1.67 bits per heavy atom. The van der Waals surface area contributed by atoms with Crippen LogP contribution in [0, 0.1) is 6.92 Å². The minimum Gasteiger partial charge on any atom is -0.382 e. The van der Waals surface area contributed by atoms with Crippen LogP contribution < -0.4 is 5.73 Å². The molecule has 0 aliphatic heterocycles. The number of nitrogen functional groups attached to an aromatic ring is 1. The highest BCUT2D eigenvalue weighted by atomic mass is 35.5. The van der Waals surface area contributed by atoms with Crippen molar-refractivity contribution in [2.24, 2.45) is 5.10 Å². The topological polar surface area (TPSA) is 103 Å². The summed E-state index contributed by atoms with van der Waals surface area (Å²) in [5.74, 6) is -0.0702. The molecule has 33 heavy (non-hydrogen) atoms. The summed E-state index contributed by atoms with van der Waals surface area (Å²) in [7, 11) is -4.03. The number of aromatic nitrogens is 3. The van der Waals surface area contributed by atoms with Gasteiger partial charge in [-0.1, -0.05) is 53.6 Å². The lowest BCUT2D eigenvalue weighted by Gasteiger charge is -2.05. The molecule has 0 atom stereocenters. The molecular formula is C24H18ClN5O2S. The van der Waals surface area contributed by atoms with Gasteiger partial charge in [0.25, 0.3) is 0 Å². The number of fused-ring (bicyclic) bond motifs is 2. The molecule has 0 unspecified atom stereocenters. The number of hydrogen-bond donors (Lipinski definition) is 1. The zero-order chi connectivity index (χ0) is 23.2. The van der Waals surface area contributed by atoms with Gasteiger partial charge in [0.1, 0.15) is 16.2 Å². The highest BCUT2D eigenvalue weighted by molar-refractivity contribution is 7.92. The first-order valence-corrected chi connectivity index (χ1v) is 11.9. The number of nitrogens with two attached hydrogens (primary N) is 1. The van der Waals surface area contributed by atoms with Crippen LogP contribution in [0.15, 0.2) is 87.7 Å². The fourth-order valence-corrected chi connectivity index (χ4v) is 5.22. The molecule has 0 amide bonds. The van der Waals surface area contributed by atoms with Crippen molar-refractivity contribution in [2.45, 2.75) is 16.7 Å². The molecule has 9 heteroatoms. The van der Waals surface area contributed by atoms with Crippen LogP contribution in [-0.2, 0) is 9.84 Å². The Morgan fingerprint density at radius 1 is 0.970 bits per heavy atom. The Labute approximate surface area is 195 Å². The summed E-state index contributed by atoms with van der Waals surface area (Å²) in [6.45, 7) is 1.98. The first-order valence-electron chi connectivity index (χ1n) is 10.0. The maximum atomic E-state index is 13.6. The molecular weight excluding hydrogens is 458 g/mol. The minimum absolute atomic E-state index is 0.0512. The van der Waals surface area contributed by atoms with Crippen LogP contribution >= 0.6 is 11.6 Å². The van der Waals surface area contributed by atoms with E-state index < -0.39 is 9.84 Å². The highest BCUT2D eigenvalue weighted by Crippen LogP contribution is 2.35. The van der Waals surface area contributed by atoms with E-state index in [9.17, 15) is 8.42 Å². The lowest BCUT2D eigenvalue weighted by atomic mass is 10.2. The number of benzene rings is 3. The molecule has 7 nitrogen and oxygen atoms in total. The van der Waals surface area contributed by atoms with Crippen LogP contribution in [-0.4, -0.2) is 29.3 Å².